The third kappa shape index (κ3) is 4.13. The van der Waals surface area contributed by atoms with Gasteiger partial charge in [-0.25, -0.2) is 0 Å². The van der Waals surface area contributed by atoms with Crippen molar-refractivity contribution in [3.63, 3.8) is 0 Å². The number of hydrogen-bond donors (Lipinski definition) is 3. The van der Waals surface area contributed by atoms with E-state index in [2.05, 4.69) is 19.2 Å². The van der Waals surface area contributed by atoms with Crippen LogP contribution in [0, 0.1) is 5.92 Å². The summed E-state index contributed by atoms with van der Waals surface area (Å²) in [5.41, 5.74) is 6.25. The number of benzene rings is 1. The van der Waals surface area contributed by atoms with Gasteiger partial charge in [-0.2, -0.15) is 0 Å². The fourth-order valence-electron chi connectivity index (χ4n) is 2.19. The van der Waals surface area contributed by atoms with Crippen LogP contribution in [-0.4, -0.2) is 30.7 Å². The third-order valence-electron chi connectivity index (χ3n) is 3.60. The second kappa shape index (κ2) is 7.75. The second-order valence-corrected chi connectivity index (χ2v) is 4.83. The first-order chi connectivity index (χ1) is 9.53. The summed E-state index contributed by atoms with van der Waals surface area (Å²) >= 11 is 0. The maximum Gasteiger partial charge on any atom is 0.255 e. The monoisotopic (exact) mass is 280 g/mol. The average molecular weight is 280 g/mol. The summed E-state index contributed by atoms with van der Waals surface area (Å²) in [6.07, 6.45) is 1.97. The number of amides is 1. The van der Waals surface area contributed by atoms with Crippen LogP contribution < -0.4 is 15.8 Å². The molecule has 1 aromatic rings. The molecule has 0 saturated heterocycles. The van der Waals surface area contributed by atoms with Crippen molar-refractivity contribution in [2.45, 2.75) is 32.7 Å². The number of nitrogens with two attached hydrogens (primary N) is 1. The lowest BCUT2D eigenvalue weighted by Crippen LogP contribution is -2.41. The zero-order valence-corrected chi connectivity index (χ0v) is 12.3. The number of phenolic OH excluding ortho intramolecular Hbond substituents is 1. The molecule has 0 fully saturated rings. The van der Waals surface area contributed by atoms with E-state index >= 15 is 0 Å². The summed E-state index contributed by atoms with van der Waals surface area (Å²) in [5, 5.41) is 12.5. The van der Waals surface area contributed by atoms with Gasteiger partial charge < -0.3 is 20.9 Å². The highest BCUT2D eigenvalue weighted by molar-refractivity contribution is 5.97. The predicted octanol–water partition coefficient (Wildman–Crippen LogP) is 1.89. The normalized spacial score (nSPS) is 12.2. The number of methoxy groups -OCH3 is 1. The summed E-state index contributed by atoms with van der Waals surface area (Å²) in [6, 6.07) is 4.46. The molecule has 1 amide bonds. The van der Waals surface area contributed by atoms with Crippen LogP contribution in [0.1, 0.15) is 37.0 Å². The first kappa shape index (κ1) is 16.3. The Hall–Kier alpha value is -1.75. The van der Waals surface area contributed by atoms with Crippen molar-refractivity contribution in [3.8, 4) is 11.5 Å². The van der Waals surface area contributed by atoms with Crippen molar-refractivity contribution in [2.75, 3.05) is 13.7 Å². The molecule has 20 heavy (non-hydrogen) atoms. The van der Waals surface area contributed by atoms with Crippen molar-refractivity contribution in [2.24, 2.45) is 11.7 Å². The zero-order valence-electron chi connectivity index (χ0n) is 12.3. The lowest BCUT2D eigenvalue weighted by atomic mass is 9.95. The van der Waals surface area contributed by atoms with E-state index in [-0.39, 0.29) is 23.3 Å². The van der Waals surface area contributed by atoms with Crippen LogP contribution in [0.15, 0.2) is 18.2 Å². The molecule has 0 radical (unpaired) electrons. The van der Waals surface area contributed by atoms with Crippen molar-refractivity contribution in [3.05, 3.63) is 23.8 Å². The van der Waals surface area contributed by atoms with Crippen LogP contribution in [-0.2, 0) is 0 Å². The van der Waals surface area contributed by atoms with Gasteiger partial charge in [0.05, 0.1) is 12.7 Å². The van der Waals surface area contributed by atoms with Gasteiger partial charge in [-0.05, 0) is 24.1 Å². The molecule has 0 heterocycles. The fraction of sp³-hybridized carbons (Fsp3) is 0.533. The molecule has 0 bridgehead atoms. The van der Waals surface area contributed by atoms with Crippen LogP contribution in [0.2, 0.25) is 0 Å². The zero-order chi connectivity index (χ0) is 15.1. The third-order valence-corrected chi connectivity index (χ3v) is 3.60. The number of aromatic hydroxyl groups is 1. The van der Waals surface area contributed by atoms with E-state index in [1.165, 1.54) is 19.2 Å². The van der Waals surface area contributed by atoms with Gasteiger partial charge in [0.25, 0.3) is 5.91 Å². The summed E-state index contributed by atoms with van der Waals surface area (Å²) in [6.45, 7) is 4.56. The van der Waals surface area contributed by atoms with Gasteiger partial charge in [-0.1, -0.05) is 26.7 Å². The molecule has 5 heteroatoms. The summed E-state index contributed by atoms with van der Waals surface area (Å²) in [4.78, 5) is 12.1. The lowest BCUT2D eigenvalue weighted by molar-refractivity contribution is 0.0945. The maximum atomic E-state index is 12.1. The highest BCUT2D eigenvalue weighted by Gasteiger charge is 2.17. The van der Waals surface area contributed by atoms with Gasteiger partial charge in [0.1, 0.15) is 11.5 Å². The Labute approximate surface area is 120 Å². The van der Waals surface area contributed by atoms with E-state index in [1.807, 2.05) is 0 Å². The second-order valence-electron chi connectivity index (χ2n) is 4.83. The Morgan fingerprint density at radius 2 is 2.05 bits per heavy atom. The molecule has 112 valence electrons. The molecular formula is C15H24N2O3. The number of carbonyl (C=O) groups is 1. The number of hydrogen-bond acceptors (Lipinski definition) is 4. The minimum Gasteiger partial charge on any atom is -0.507 e. The van der Waals surface area contributed by atoms with E-state index in [4.69, 9.17) is 10.5 Å². The van der Waals surface area contributed by atoms with Crippen LogP contribution in [0.4, 0.5) is 0 Å². The lowest BCUT2D eigenvalue weighted by Gasteiger charge is -2.21. The van der Waals surface area contributed by atoms with Gasteiger partial charge >= 0.3 is 0 Å². The highest BCUT2D eigenvalue weighted by atomic mass is 16.5. The Bertz CT molecular complexity index is 445. The van der Waals surface area contributed by atoms with Crippen molar-refractivity contribution >= 4 is 5.91 Å². The highest BCUT2D eigenvalue weighted by Crippen LogP contribution is 2.22. The molecule has 0 saturated carbocycles. The maximum absolute atomic E-state index is 12.1. The molecule has 0 spiro atoms. The van der Waals surface area contributed by atoms with Gasteiger partial charge in [-0.15, -0.1) is 0 Å². The molecule has 5 nitrogen and oxygen atoms in total. The molecular weight excluding hydrogens is 256 g/mol. The van der Waals surface area contributed by atoms with Crippen molar-refractivity contribution < 1.29 is 14.6 Å². The quantitative estimate of drug-likeness (QED) is 0.712. The van der Waals surface area contributed by atoms with Crippen LogP contribution in [0.25, 0.3) is 0 Å². The summed E-state index contributed by atoms with van der Waals surface area (Å²) in [5.74, 6) is 0.494. The topological polar surface area (TPSA) is 84.6 Å². The van der Waals surface area contributed by atoms with Gasteiger partial charge in [0, 0.05) is 12.6 Å². The molecule has 1 rings (SSSR count). The number of carbonyl (C=O) groups excluding carboxylic acids is 1. The molecule has 0 aliphatic carbocycles. The molecule has 1 aromatic carbocycles. The largest absolute Gasteiger partial charge is 0.507 e. The van der Waals surface area contributed by atoms with Gasteiger partial charge in [0.15, 0.2) is 0 Å². The summed E-state index contributed by atoms with van der Waals surface area (Å²) < 4.78 is 5.04. The predicted molar refractivity (Wildman–Crippen MR) is 79.0 cm³/mol. The van der Waals surface area contributed by atoms with Crippen molar-refractivity contribution in [1.82, 2.24) is 5.32 Å². The van der Waals surface area contributed by atoms with Crippen LogP contribution in [0.3, 0.4) is 0 Å². The molecule has 0 aromatic heterocycles. The Morgan fingerprint density at radius 3 is 2.60 bits per heavy atom. The number of rotatable bonds is 7. The molecule has 0 aliphatic rings. The van der Waals surface area contributed by atoms with Gasteiger partial charge in [-0.3, -0.25) is 4.79 Å². The van der Waals surface area contributed by atoms with E-state index in [0.717, 1.165) is 12.8 Å². The molecule has 1 unspecified atom stereocenters. The van der Waals surface area contributed by atoms with Gasteiger partial charge in [0.2, 0.25) is 0 Å². The van der Waals surface area contributed by atoms with E-state index < -0.39 is 0 Å². The van der Waals surface area contributed by atoms with E-state index in [1.54, 1.807) is 6.07 Å². The van der Waals surface area contributed by atoms with Crippen LogP contribution in [0.5, 0.6) is 11.5 Å². The minimum atomic E-state index is -0.345. The van der Waals surface area contributed by atoms with E-state index in [9.17, 15) is 9.90 Å². The SMILES string of the molecule is CCC(CC)C(N)CNC(=O)c1cc(OC)ccc1O. The van der Waals surface area contributed by atoms with E-state index in [0.29, 0.717) is 18.2 Å². The molecule has 4 N–H and O–H groups in total. The Kier molecular flexibility index (Phi) is 6.31. The fourth-order valence-corrected chi connectivity index (χ4v) is 2.19. The Morgan fingerprint density at radius 1 is 1.40 bits per heavy atom. The summed E-state index contributed by atoms with van der Waals surface area (Å²) in [7, 11) is 1.51. The molecule has 0 aliphatic heterocycles. The Balaban J connectivity index is 2.67. The first-order valence-corrected chi connectivity index (χ1v) is 6.94. The number of phenols is 1. The van der Waals surface area contributed by atoms with Crippen LogP contribution >= 0.6 is 0 Å². The van der Waals surface area contributed by atoms with Crippen molar-refractivity contribution in [1.29, 1.82) is 0 Å². The standard InChI is InChI=1S/C15H24N2O3/c1-4-10(5-2)13(16)9-17-15(19)12-8-11(20-3)6-7-14(12)18/h6-8,10,13,18H,4-5,9,16H2,1-3H3,(H,17,19). The number of ether oxygens (including phenoxy) is 1. The first-order valence-electron chi connectivity index (χ1n) is 6.94. The smallest absolute Gasteiger partial charge is 0.255 e. The molecule has 1 atom stereocenters. The average Bonchev–Trinajstić information content (AvgIpc) is 2.46. The minimum absolute atomic E-state index is 0.0700. The number of nitrogens with one attached hydrogen (secondary N) is 1.